The van der Waals surface area contributed by atoms with Gasteiger partial charge in [0.15, 0.2) is 0 Å². The lowest BCUT2D eigenvalue weighted by Crippen LogP contribution is -2.01. The molecule has 0 aliphatic heterocycles. The third-order valence-corrected chi connectivity index (χ3v) is 2.71. The van der Waals surface area contributed by atoms with E-state index in [0.717, 1.165) is 12.8 Å². The molecule has 0 atom stereocenters. The van der Waals surface area contributed by atoms with Crippen LogP contribution in [0, 0.1) is 0 Å². The Balaban J connectivity index is 1.99. The van der Waals surface area contributed by atoms with E-state index in [1.165, 1.54) is 18.1 Å². The molecule has 2 nitrogen and oxygen atoms in total. The van der Waals surface area contributed by atoms with Gasteiger partial charge in [-0.1, -0.05) is 42.5 Å². The van der Waals surface area contributed by atoms with Crippen LogP contribution in [0.5, 0.6) is 5.75 Å². The van der Waals surface area contributed by atoms with Crippen LogP contribution in [0.15, 0.2) is 54.6 Å². The summed E-state index contributed by atoms with van der Waals surface area (Å²) in [6.07, 6.45) is 1.93. The maximum atomic E-state index is 10.9. The van der Waals surface area contributed by atoms with Crippen LogP contribution in [0.3, 0.4) is 0 Å². The molecule has 0 heterocycles. The van der Waals surface area contributed by atoms with Gasteiger partial charge in [-0.2, -0.15) is 0 Å². The molecular formula is C16H16O2. The third-order valence-electron chi connectivity index (χ3n) is 2.71. The van der Waals surface area contributed by atoms with E-state index >= 15 is 0 Å². The lowest BCUT2D eigenvalue weighted by atomic mass is 10.0. The topological polar surface area (TPSA) is 26.3 Å². The Kier molecular flexibility index (Phi) is 4.13. The van der Waals surface area contributed by atoms with Crippen LogP contribution < -0.4 is 4.74 Å². The van der Waals surface area contributed by atoms with E-state index in [0.29, 0.717) is 5.75 Å². The number of aryl methyl sites for hydroxylation is 2. The highest BCUT2D eigenvalue weighted by atomic mass is 16.5. The van der Waals surface area contributed by atoms with E-state index in [9.17, 15) is 4.79 Å². The first kappa shape index (κ1) is 12.4. The predicted octanol–water partition coefficient (Wildman–Crippen LogP) is 3.40. The number of hydrogen-bond donors (Lipinski definition) is 0. The Labute approximate surface area is 107 Å². The van der Waals surface area contributed by atoms with Gasteiger partial charge in [-0.25, -0.2) is 0 Å². The Hall–Kier alpha value is -2.09. The summed E-state index contributed by atoms with van der Waals surface area (Å²) >= 11 is 0. The minimum atomic E-state index is -0.282. The zero-order valence-corrected chi connectivity index (χ0v) is 10.4. The van der Waals surface area contributed by atoms with E-state index in [1.54, 1.807) is 6.07 Å². The summed E-state index contributed by atoms with van der Waals surface area (Å²) < 4.78 is 5.07. The van der Waals surface area contributed by atoms with Gasteiger partial charge in [0.2, 0.25) is 0 Å². The van der Waals surface area contributed by atoms with Gasteiger partial charge in [-0.3, -0.25) is 4.79 Å². The fourth-order valence-corrected chi connectivity index (χ4v) is 1.86. The average Bonchev–Trinajstić information content (AvgIpc) is 2.37. The zero-order chi connectivity index (χ0) is 12.8. The van der Waals surface area contributed by atoms with Crippen LogP contribution in [0.25, 0.3) is 0 Å². The average molecular weight is 240 g/mol. The highest BCUT2D eigenvalue weighted by Crippen LogP contribution is 2.15. The third kappa shape index (κ3) is 3.74. The van der Waals surface area contributed by atoms with Crippen molar-refractivity contribution in [2.75, 3.05) is 0 Å². The van der Waals surface area contributed by atoms with Gasteiger partial charge < -0.3 is 4.74 Å². The molecule has 92 valence electrons. The van der Waals surface area contributed by atoms with Crippen molar-refractivity contribution in [3.05, 3.63) is 65.7 Å². The van der Waals surface area contributed by atoms with Crippen LogP contribution >= 0.6 is 0 Å². The molecule has 0 unspecified atom stereocenters. The maximum Gasteiger partial charge on any atom is 0.308 e. The number of esters is 1. The van der Waals surface area contributed by atoms with Crippen molar-refractivity contribution in [1.29, 1.82) is 0 Å². The first-order valence-electron chi connectivity index (χ1n) is 6.05. The standard InChI is InChI=1S/C16H16O2/c1-13(17)18-16-9-5-8-15(12-16)11-10-14-6-3-2-4-7-14/h2-9,12H,10-11H2,1H3. The summed E-state index contributed by atoms with van der Waals surface area (Å²) in [6, 6.07) is 18.0. The summed E-state index contributed by atoms with van der Waals surface area (Å²) in [5.74, 6) is 0.336. The van der Waals surface area contributed by atoms with Gasteiger partial charge in [0.1, 0.15) is 5.75 Å². The summed E-state index contributed by atoms with van der Waals surface area (Å²) in [5.41, 5.74) is 2.49. The monoisotopic (exact) mass is 240 g/mol. The summed E-state index contributed by atoms with van der Waals surface area (Å²) in [5, 5.41) is 0. The molecule has 18 heavy (non-hydrogen) atoms. The second kappa shape index (κ2) is 6.01. The van der Waals surface area contributed by atoms with Crippen LogP contribution in [0.4, 0.5) is 0 Å². The molecule has 2 aromatic rings. The lowest BCUT2D eigenvalue weighted by molar-refractivity contribution is -0.131. The van der Waals surface area contributed by atoms with Crippen molar-refractivity contribution in [3.8, 4) is 5.75 Å². The Morgan fingerprint density at radius 1 is 0.944 bits per heavy atom. The van der Waals surface area contributed by atoms with Crippen molar-refractivity contribution in [2.24, 2.45) is 0 Å². The fourth-order valence-electron chi connectivity index (χ4n) is 1.86. The first-order chi connectivity index (χ1) is 8.74. The second-order valence-electron chi connectivity index (χ2n) is 4.23. The Bertz CT molecular complexity index is 518. The Morgan fingerprint density at radius 3 is 2.33 bits per heavy atom. The Morgan fingerprint density at radius 2 is 1.61 bits per heavy atom. The van der Waals surface area contributed by atoms with E-state index in [2.05, 4.69) is 18.2 Å². The zero-order valence-electron chi connectivity index (χ0n) is 10.4. The molecule has 2 aromatic carbocycles. The van der Waals surface area contributed by atoms with Gasteiger partial charge in [-0.15, -0.1) is 0 Å². The van der Waals surface area contributed by atoms with Crippen LogP contribution in [0.2, 0.25) is 0 Å². The lowest BCUT2D eigenvalue weighted by Gasteiger charge is -2.05. The van der Waals surface area contributed by atoms with Gasteiger partial charge in [0, 0.05) is 6.92 Å². The van der Waals surface area contributed by atoms with Crippen LogP contribution in [-0.4, -0.2) is 5.97 Å². The van der Waals surface area contributed by atoms with Gasteiger partial charge in [0.25, 0.3) is 0 Å². The van der Waals surface area contributed by atoms with Crippen molar-refractivity contribution < 1.29 is 9.53 Å². The SMILES string of the molecule is CC(=O)Oc1cccc(CCc2ccccc2)c1. The molecule has 0 amide bonds. The van der Waals surface area contributed by atoms with Crippen LogP contribution in [0.1, 0.15) is 18.1 Å². The van der Waals surface area contributed by atoms with E-state index in [-0.39, 0.29) is 5.97 Å². The molecule has 0 bridgehead atoms. The maximum absolute atomic E-state index is 10.9. The van der Waals surface area contributed by atoms with Gasteiger partial charge in [0.05, 0.1) is 0 Å². The molecule has 2 rings (SSSR count). The molecule has 0 aliphatic rings. The first-order valence-corrected chi connectivity index (χ1v) is 6.05. The summed E-state index contributed by atoms with van der Waals surface area (Å²) in [4.78, 5) is 10.9. The van der Waals surface area contributed by atoms with Gasteiger partial charge >= 0.3 is 5.97 Å². The second-order valence-corrected chi connectivity index (χ2v) is 4.23. The quantitative estimate of drug-likeness (QED) is 0.605. The minimum absolute atomic E-state index is 0.282. The smallest absolute Gasteiger partial charge is 0.308 e. The molecular weight excluding hydrogens is 224 g/mol. The van der Waals surface area contributed by atoms with Gasteiger partial charge in [-0.05, 0) is 36.1 Å². The normalized spacial score (nSPS) is 10.1. The van der Waals surface area contributed by atoms with Crippen molar-refractivity contribution in [1.82, 2.24) is 0 Å². The largest absolute Gasteiger partial charge is 0.427 e. The molecule has 0 aliphatic carbocycles. The number of benzene rings is 2. The molecule has 0 aromatic heterocycles. The number of carbonyl (C=O) groups is 1. The minimum Gasteiger partial charge on any atom is -0.427 e. The molecule has 0 N–H and O–H groups in total. The summed E-state index contributed by atoms with van der Waals surface area (Å²) in [6.45, 7) is 1.41. The number of ether oxygens (including phenoxy) is 1. The summed E-state index contributed by atoms with van der Waals surface area (Å²) in [7, 11) is 0. The highest BCUT2D eigenvalue weighted by molar-refractivity contribution is 5.69. The molecule has 0 saturated heterocycles. The number of carbonyl (C=O) groups excluding carboxylic acids is 1. The molecule has 2 heteroatoms. The number of hydrogen-bond acceptors (Lipinski definition) is 2. The van der Waals surface area contributed by atoms with E-state index < -0.39 is 0 Å². The van der Waals surface area contributed by atoms with Crippen molar-refractivity contribution >= 4 is 5.97 Å². The van der Waals surface area contributed by atoms with E-state index in [4.69, 9.17) is 4.74 Å². The van der Waals surface area contributed by atoms with Crippen molar-refractivity contribution in [2.45, 2.75) is 19.8 Å². The fraction of sp³-hybridized carbons (Fsp3) is 0.188. The molecule has 0 radical (unpaired) electrons. The predicted molar refractivity (Wildman–Crippen MR) is 71.6 cm³/mol. The van der Waals surface area contributed by atoms with Crippen molar-refractivity contribution in [3.63, 3.8) is 0 Å². The molecule has 0 saturated carbocycles. The van der Waals surface area contributed by atoms with Crippen LogP contribution in [-0.2, 0) is 17.6 Å². The van der Waals surface area contributed by atoms with E-state index in [1.807, 2.05) is 30.3 Å². The number of rotatable bonds is 4. The molecule has 0 spiro atoms. The molecule has 0 fully saturated rings. The highest BCUT2D eigenvalue weighted by Gasteiger charge is 2.00.